The lowest BCUT2D eigenvalue weighted by molar-refractivity contribution is 0.0600. The van der Waals surface area contributed by atoms with Gasteiger partial charge in [-0.25, -0.2) is 9.78 Å². The number of aromatic nitrogens is 2. The minimum atomic E-state index is -0.349. The fourth-order valence-electron chi connectivity index (χ4n) is 2.32. The molecule has 1 saturated heterocycles. The Balaban J connectivity index is 1.79. The zero-order chi connectivity index (χ0) is 15.5. The van der Waals surface area contributed by atoms with Crippen molar-refractivity contribution in [1.29, 1.82) is 0 Å². The molecule has 3 rings (SSSR count). The highest BCUT2D eigenvalue weighted by Gasteiger charge is 2.27. The highest BCUT2D eigenvalue weighted by Crippen LogP contribution is 2.23. The van der Waals surface area contributed by atoms with Crippen LogP contribution >= 0.6 is 0 Å². The van der Waals surface area contributed by atoms with E-state index in [1.165, 1.54) is 7.11 Å². The molecule has 1 aromatic carbocycles. The summed E-state index contributed by atoms with van der Waals surface area (Å²) >= 11 is 0. The number of benzene rings is 1. The van der Waals surface area contributed by atoms with Gasteiger partial charge >= 0.3 is 5.97 Å². The quantitative estimate of drug-likeness (QED) is 0.802. The Kier molecular flexibility index (Phi) is 4.02. The average molecular weight is 299 g/mol. The predicted octanol–water partition coefficient (Wildman–Crippen LogP) is 1.77. The number of ether oxygens (including phenoxy) is 2. The van der Waals surface area contributed by atoms with Gasteiger partial charge in [-0.3, -0.25) is 4.98 Å². The molecule has 1 aliphatic heterocycles. The minimum Gasteiger partial charge on any atom is -0.465 e. The SMILES string of the molecule is COC(=O)c1ccc(-c2cncc(N3CC(OC)C3)n2)cc1. The lowest BCUT2D eigenvalue weighted by Gasteiger charge is -2.38. The molecule has 0 saturated carbocycles. The first-order chi connectivity index (χ1) is 10.7. The number of methoxy groups -OCH3 is 2. The number of anilines is 1. The molecule has 6 nitrogen and oxygen atoms in total. The summed E-state index contributed by atoms with van der Waals surface area (Å²) in [5.74, 6) is 0.486. The number of rotatable bonds is 4. The van der Waals surface area contributed by atoms with Crippen LogP contribution < -0.4 is 4.90 Å². The molecular weight excluding hydrogens is 282 g/mol. The van der Waals surface area contributed by atoms with Crippen LogP contribution in [0.25, 0.3) is 11.3 Å². The van der Waals surface area contributed by atoms with E-state index in [4.69, 9.17) is 4.74 Å². The van der Waals surface area contributed by atoms with Crippen molar-refractivity contribution in [3.05, 3.63) is 42.2 Å². The summed E-state index contributed by atoms with van der Waals surface area (Å²) in [6.07, 6.45) is 3.73. The number of hydrogen-bond donors (Lipinski definition) is 0. The summed E-state index contributed by atoms with van der Waals surface area (Å²) in [6.45, 7) is 1.66. The standard InChI is InChI=1S/C16H17N3O3/c1-21-13-9-19(10-13)15-8-17-7-14(18-15)11-3-5-12(6-4-11)16(20)22-2/h3-8,13H,9-10H2,1-2H3. The van der Waals surface area contributed by atoms with E-state index >= 15 is 0 Å². The summed E-state index contributed by atoms with van der Waals surface area (Å²) in [6, 6.07) is 7.13. The molecule has 1 aliphatic rings. The van der Waals surface area contributed by atoms with Crippen molar-refractivity contribution in [2.45, 2.75) is 6.10 Å². The van der Waals surface area contributed by atoms with Crippen LogP contribution in [-0.2, 0) is 9.47 Å². The summed E-state index contributed by atoms with van der Waals surface area (Å²) in [4.78, 5) is 22.4. The van der Waals surface area contributed by atoms with Crippen LogP contribution in [0.15, 0.2) is 36.7 Å². The number of esters is 1. The molecule has 2 aromatic rings. The number of nitrogens with zero attached hydrogens (tertiary/aromatic N) is 3. The molecule has 0 amide bonds. The second-order valence-electron chi connectivity index (χ2n) is 5.09. The van der Waals surface area contributed by atoms with E-state index in [0.717, 1.165) is 30.2 Å². The monoisotopic (exact) mass is 299 g/mol. The van der Waals surface area contributed by atoms with E-state index < -0.39 is 0 Å². The molecule has 0 unspecified atom stereocenters. The zero-order valence-electron chi connectivity index (χ0n) is 12.5. The first-order valence-electron chi connectivity index (χ1n) is 7.00. The van der Waals surface area contributed by atoms with Crippen molar-refractivity contribution in [3.63, 3.8) is 0 Å². The smallest absolute Gasteiger partial charge is 0.337 e. The van der Waals surface area contributed by atoms with Crippen LogP contribution in [0.3, 0.4) is 0 Å². The van der Waals surface area contributed by atoms with Crippen LogP contribution in [0, 0.1) is 0 Å². The van der Waals surface area contributed by atoms with Crippen LogP contribution in [0.4, 0.5) is 5.82 Å². The lowest BCUT2D eigenvalue weighted by Crippen LogP contribution is -2.52. The van der Waals surface area contributed by atoms with Gasteiger partial charge in [0.15, 0.2) is 0 Å². The fourth-order valence-corrected chi connectivity index (χ4v) is 2.32. The highest BCUT2D eigenvalue weighted by atomic mass is 16.5. The molecule has 0 radical (unpaired) electrons. The second-order valence-corrected chi connectivity index (χ2v) is 5.09. The van der Waals surface area contributed by atoms with E-state index in [1.54, 1.807) is 31.6 Å². The molecule has 0 bridgehead atoms. The van der Waals surface area contributed by atoms with Gasteiger partial charge in [0.2, 0.25) is 0 Å². The summed E-state index contributed by atoms with van der Waals surface area (Å²) in [5.41, 5.74) is 2.20. The molecule has 0 atom stereocenters. The molecule has 0 aliphatic carbocycles. The Labute approximate surface area is 128 Å². The van der Waals surface area contributed by atoms with E-state index in [9.17, 15) is 4.79 Å². The van der Waals surface area contributed by atoms with Gasteiger partial charge in [-0.1, -0.05) is 12.1 Å². The van der Waals surface area contributed by atoms with Crippen molar-refractivity contribution in [2.24, 2.45) is 0 Å². The number of hydrogen-bond acceptors (Lipinski definition) is 6. The normalized spacial score (nSPS) is 14.5. The number of carbonyl (C=O) groups excluding carboxylic acids is 1. The maximum absolute atomic E-state index is 11.4. The van der Waals surface area contributed by atoms with Crippen molar-refractivity contribution >= 4 is 11.8 Å². The molecule has 1 fully saturated rings. The zero-order valence-corrected chi connectivity index (χ0v) is 12.5. The molecule has 6 heteroatoms. The highest BCUT2D eigenvalue weighted by molar-refractivity contribution is 5.89. The Morgan fingerprint density at radius 1 is 1.18 bits per heavy atom. The van der Waals surface area contributed by atoms with Gasteiger partial charge in [0.25, 0.3) is 0 Å². The molecule has 1 aromatic heterocycles. The molecule has 0 spiro atoms. The van der Waals surface area contributed by atoms with Gasteiger partial charge in [0, 0.05) is 25.8 Å². The topological polar surface area (TPSA) is 64.5 Å². The molecule has 0 N–H and O–H groups in total. The van der Waals surface area contributed by atoms with E-state index in [0.29, 0.717) is 5.56 Å². The van der Waals surface area contributed by atoms with Crippen LogP contribution in [0.5, 0.6) is 0 Å². The van der Waals surface area contributed by atoms with Crippen LogP contribution in [-0.4, -0.2) is 49.4 Å². The van der Waals surface area contributed by atoms with Gasteiger partial charge in [-0.05, 0) is 12.1 Å². The van der Waals surface area contributed by atoms with Gasteiger partial charge in [0.1, 0.15) is 5.82 Å². The van der Waals surface area contributed by atoms with Crippen LogP contribution in [0.2, 0.25) is 0 Å². The number of carbonyl (C=O) groups is 1. The van der Waals surface area contributed by atoms with Crippen molar-refractivity contribution in [1.82, 2.24) is 9.97 Å². The van der Waals surface area contributed by atoms with Gasteiger partial charge in [0.05, 0.1) is 36.9 Å². The van der Waals surface area contributed by atoms with Crippen molar-refractivity contribution in [2.75, 3.05) is 32.2 Å². The molecule has 2 heterocycles. The summed E-state index contributed by atoms with van der Waals surface area (Å²) in [5, 5.41) is 0. The maximum atomic E-state index is 11.4. The van der Waals surface area contributed by atoms with E-state index in [1.807, 2.05) is 12.1 Å². The molecule has 114 valence electrons. The third kappa shape index (κ3) is 2.78. The third-order valence-corrected chi connectivity index (χ3v) is 3.73. The lowest BCUT2D eigenvalue weighted by atomic mass is 10.1. The second kappa shape index (κ2) is 6.11. The minimum absolute atomic E-state index is 0.268. The Bertz CT molecular complexity index is 667. The fraction of sp³-hybridized carbons (Fsp3) is 0.312. The molecule has 22 heavy (non-hydrogen) atoms. The third-order valence-electron chi connectivity index (χ3n) is 3.73. The van der Waals surface area contributed by atoms with Gasteiger partial charge in [-0.2, -0.15) is 0 Å². The maximum Gasteiger partial charge on any atom is 0.337 e. The Morgan fingerprint density at radius 3 is 2.55 bits per heavy atom. The first kappa shape index (κ1) is 14.5. The molecular formula is C16H17N3O3. The van der Waals surface area contributed by atoms with E-state index in [2.05, 4.69) is 19.6 Å². The first-order valence-corrected chi connectivity index (χ1v) is 7.00. The van der Waals surface area contributed by atoms with Crippen LogP contribution in [0.1, 0.15) is 10.4 Å². The largest absolute Gasteiger partial charge is 0.465 e. The summed E-state index contributed by atoms with van der Waals surface area (Å²) in [7, 11) is 3.08. The van der Waals surface area contributed by atoms with E-state index in [-0.39, 0.29) is 12.1 Å². The Hall–Kier alpha value is -2.47. The average Bonchev–Trinajstić information content (AvgIpc) is 2.54. The Morgan fingerprint density at radius 2 is 1.91 bits per heavy atom. The summed E-state index contributed by atoms with van der Waals surface area (Å²) < 4.78 is 9.96. The van der Waals surface area contributed by atoms with Gasteiger partial charge < -0.3 is 14.4 Å². The van der Waals surface area contributed by atoms with Gasteiger partial charge in [-0.15, -0.1) is 0 Å². The van der Waals surface area contributed by atoms with Crippen molar-refractivity contribution < 1.29 is 14.3 Å². The van der Waals surface area contributed by atoms with Crippen molar-refractivity contribution in [3.8, 4) is 11.3 Å². The predicted molar refractivity (Wildman–Crippen MR) is 81.8 cm³/mol.